The highest BCUT2D eigenvalue weighted by atomic mass is 79.9. The molecule has 0 atom stereocenters. The molecular formula is C19H15BrN2O2. The minimum Gasteiger partial charge on any atom is -0.481 e. The van der Waals surface area contributed by atoms with Crippen molar-refractivity contribution < 1.29 is 9.53 Å². The van der Waals surface area contributed by atoms with Crippen LogP contribution in [0.3, 0.4) is 0 Å². The van der Waals surface area contributed by atoms with Crippen molar-refractivity contribution in [1.82, 2.24) is 10.3 Å². The molecule has 0 aliphatic rings. The largest absolute Gasteiger partial charge is 0.481 e. The number of aromatic nitrogens is 1. The highest BCUT2D eigenvalue weighted by Crippen LogP contribution is 2.17. The smallest absolute Gasteiger partial charge is 0.252 e. The number of halogens is 1. The molecule has 2 aromatic carbocycles. The average molecular weight is 383 g/mol. The number of benzene rings is 2. The van der Waals surface area contributed by atoms with Crippen molar-refractivity contribution in [3.8, 4) is 17.6 Å². The summed E-state index contributed by atoms with van der Waals surface area (Å²) in [4.78, 5) is 15.2. The van der Waals surface area contributed by atoms with Gasteiger partial charge in [0.15, 0.2) is 0 Å². The van der Waals surface area contributed by atoms with Gasteiger partial charge in [-0.15, -0.1) is 0 Å². The first-order chi connectivity index (χ1) is 11.7. The Hall–Kier alpha value is -2.71. The number of carbonyl (C=O) groups is 1. The summed E-state index contributed by atoms with van der Waals surface area (Å²) in [5.74, 6) is 6.37. The van der Waals surface area contributed by atoms with E-state index in [2.05, 4.69) is 38.1 Å². The Labute approximate surface area is 148 Å². The standard InChI is InChI=1S/C19H15BrN2O2/c20-16-4-3-5-17(13-16)24-11-2-1-9-22-19(23)15-6-7-18-14(12-15)8-10-21-18/h3-8,10,12-13,21H,9,11H2,(H,22,23). The summed E-state index contributed by atoms with van der Waals surface area (Å²) in [6.07, 6.45) is 1.85. The predicted molar refractivity (Wildman–Crippen MR) is 98.0 cm³/mol. The van der Waals surface area contributed by atoms with E-state index >= 15 is 0 Å². The number of rotatable bonds is 4. The van der Waals surface area contributed by atoms with Crippen molar-refractivity contribution in [3.05, 3.63) is 64.8 Å². The van der Waals surface area contributed by atoms with E-state index in [1.165, 1.54) is 0 Å². The van der Waals surface area contributed by atoms with Gasteiger partial charge in [0.25, 0.3) is 5.91 Å². The molecule has 1 heterocycles. The van der Waals surface area contributed by atoms with E-state index in [1.807, 2.05) is 48.7 Å². The van der Waals surface area contributed by atoms with E-state index in [4.69, 9.17) is 4.74 Å². The van der Waals surface area contributed by atoms with Gasteiger partial charge in [-0.05, 0) is 42.5 Å². The molecule has 1 aromatic heterocycles. The highest BCUT2D eigenvalue weighted by Gasteiger charge is 2.05. The van der Waals surface area contributed by atoms with Crippen molar-refractivity contribution in [1.29, 1.82) is 0 Å². The number of ether oxygens (including phenoxy) is 1. The first-order valence-electron chi connectivity index (χ1n) is 7.42. The Morgan fingerprint density at radius 2 is 2.08 bits per heavy atom. The molecule has 0 radical (unpaired) electrons. The third kappa shape index (κ3) is 4.18. The van der Waals surface area contributed by atoms with Crippen LogP contribution in [0, 0.1) is 11.8 Å². The van der Waals surface area contributed by atoms with Crippen LogP contribution >= 0.6 is 15.9 Å². The zero-order chi connectivity index (χ0) is 16.8. The van der Waals surface area contributed by atoms with Crippen LogP contribution in [0.4, 0.5) is 0 Å². The van der Waals surface area contributed by atoms with Crippen molar-refractivity contribution in [2.75, 3.05) is 13.2 Å². The van der Waals surface area contributed by atoms with Crippen LogP contribution in [0.5, 0.6) is 5.75 Å². The number of hydrogen-bond donors (Lipinski definition) is 2. The quantitative estimate of drug-likeness (QED) is 0.675. The van der Waals surface area contributed by atoms with Gasteiger partial charge >= 0.3 is 0 Å². The fourth-order valence-corrected chi connectivity index (χ4v) is 2.59. The molecule has 3 aromatic rings. The lowest BCUT2D eigenvalue weighted by atomic mass is 10.1. The molecule has 3 rings (SSSR count). The van der Waals surface area contributed by atoms with Gasteiger partial charge in [-0.1, -0.05) is 33.8 Å². The van der Waals surface area contributed by atoms with Gasteiger partial charge in [-0.2, -0.15) is 0 Å². The number of fused-ring (bicyclic) bond motifs is 1. The van der Waals surface area contributed by atoms with Crippen molar-refractivity contribution >= 4 is 32.7 Å². The first-order valence-corrected chi connectivity index (χ1v) is 8.21. The normalized spacial score (nSPS) is 10.0. The van der Waals surface area contributed by atoms with Gasteiger partial charge in [0.2, 0.25) is 0 Å². The Bertz CT molecular complexity index is 922. The Morgan fingerprint density at radius 1 is 1.17 bits per heavy atom. The fraction of sp³-hybridized carbons (Fsp3) is 0.105. The maximum absolute atomic E-state index is 12.1. The number of hydrogen-bond acceptors (Lipinski definition) is 2. The van der Waals surface area contributed by atoms with Crippen LogP contribution in [0.1, 0.15) is 10.4 Å². The number of carbonyl (C=O) groups excluding carboxylic acids is 1. The van der Waals surface area contributed by atoms with E-state index in [1.54, 1.807) is 6.07 Å². The first kappa shape index (κ1) is 16.2. The molecule has 0 saturated carbocycles. The second kappa shape index (κ2) is 7.71. The van der Waals surface area contributed by atoms with Crippen LogP contribution in [0.2, 0.25) is 0 Å². The molecule has 0 unspecified atom stereocenters. The summed E-state index contributed by atoms with van der Waals surface area (Å²) in [6, 6.07) is 15.0. The number of H-pyrrole nitrogens is 1. The van der Waals surface area contributed by atoms with Gasteiger partial charge in [0.1, 0.15) is 12.4 Å². The van der Waals surface area contributed by atoms with Crippen molar-refractivity contribution in [2.45, 2.75) is 0 Å². The third-order valence-electron chi connectivity index (χ3n) is 3.38. The van der Waals surface area contributed by atoms with Gasteiger partial charge in [0.05, 0.1) is 6.54 Å². The summed E-state index contributed by atoms with van der Waals surface area (Å²) < 4.78 is 6.46. The van der Waals surface area contributed by atoms with Gasteiger partial charge < -0.3 is 15.0 Å². The fourth-order valence-electron chi connectivity index (χ4n) is 2.21. The molecule has 5 heteroatoms. The Morgan fingerprint density at radius 3 is 2.96 bits per heavy atom. The lowest BCUT2D eigenvalue weighted by Gasteiger charge is -2.02. The third-order valence-corrected chi connectivity index (χ3v) is 3.88. The summed E-state index contributed by atoms with van der Waals surface area (Å²) in [5.41, 5.74) is 1.63. The van der Waals surface area contributed by atoms with E-state index in [0.29, 0.717) is 5.56 Å². The van der Waals surface area contributed by atoms with Crippen LogP contribution in [0.15, 0.2) is 59.2 Å². The molecule has 1 amide bonds. The second-order valence-electron chi connectivity index (χ2n) is 5.06. The van der Waals surface area contributed by atoms with E-state index in [9.17, 15) is 4.79 Å². The Balaban J connectivity index is 1.47. The average Bonchev–Trinajstić information content (AvgIpc) is 3.05. The molecule has 0 aliphatic carbocycles. The monoisotopic (exact) mass is 382 g/mol. The SMILES string of the molecule is O=C(NCC#CCOc1cccc(Br)c1)c1ccc2[nH]ccc2c1. The zero-order valence-corrected chi connectivity index (χ0v) is 14.4. The molecule has 4 nitrogen and oxygen atoms in total. The van der Waals surface area contributed by atoms with Gasteiger partial charge in [-0.25, -0.2) is 0 Å². The number of aromatic amines is 1. The second-order valence-corrected chi connectivity index (χ2v) is 5.98. The van der Waals surface area contributed by atoms with E-state index in [0.717, 1.165) is 21.1 Å². The lowest BCUT2D eigenvalue weighted by molar-refractivity contribution is 0.0959. The summed E-state index contributed by atoms with van der Waals surface area (Å²) >= 11 is 3.38. The lowest BCUT2D eigenvalue weighted by Crippen LogP contribution is -2.23. The van der Waals surface area contributed by atoms with Crippen LogP contribution in [-0.2, 0) is 0 Å². The molecule has 0 saturated heterocycles. The highest BCUT2D eigenvalue weighted by molar-refractivity contribution is 9.10. The number of amides is 1. The minimum absolute atomic E-state index is 0.139. The topological polar surface area (TPSA) is 54.1 Å². The van der Waals surface area contributed by atoms with Crippen LogP contribution < -0.4 is 10.1 Å². The number of nitrogens with one attached hydrogen (secondary N) is 2. The van der Waals surface area contributed by atoms with E-state index < -0.39 is 0 Å². The summed E-state index contributed by atoms with van der Waals surface area (Å²) in [5, 5.41) is 3.79. The van der Waals surface area contributed by atoms with Gasteiger partial charge in [-0.3, -0.25) is 4.79 Å². The Kier molecular flexibility index (Phi) is 5.19. The van der Waals surface area contributed by atoms with Gasteiger partial charge in [0, 0.05) is 27.1 Å². The zero-order valence-electron chi connectivity index (χ0n) is 12.8. The van der Waals surface area contributed by atoms with Crippen LogP contribution in [-0.4, -0.2) is 24.0 Å². The molecule has 24 heavy (non-hydrogen) atoms. The summed E-state index contributed by atoms with van der Waals surface area (Å²) in [7, 11) is 0. The molecule has 2 N–H and O–H groups in total. The minimum atomic E-state index is -0.139. The molecule has 0 spiro atoms. The molecule has 120 valence electrons. The molecule has 0 fully saturated rings. The maximum Gasteiger partial charge on any atom is 0.252 e. The molecule has 0 aliphatic heterocycles. The summed E-state index contributed by atoms with van der Waals surface area (Å²) in [6.45, 7) is 0.563. The molecular weight excluding hydrogens is 368 g/mol. The molecule has 0 bridgehead atoms. The van der Waals surface area contributed by atoms with Crippen LogP contribution in [0.25, 0.3) is 10.9 Å². The van der Waals surface area contributed by atoms with E-state index in [-0.39, 0.29) is 19.1 Å². The maximum atomic E-state index is 12.1. The van der Waals surface area contributed by atoms with Crippen molar-refractivity contribution in [3.63, 3.8) is 0 Å². The van der Waals surface area contributed by atoms with Crippen molar-refractivity contribution in [2.24, 2.45) is 0 Å². The predicted octanol–water partition coefficient (Wildman–Crippen LogP) is 3.74.